The average Bonchev–Trinajstić information content (AvgIpc) is 3.03. The predicted octanol–water partition coefficient (Wildman–Crippen LogP) is 3.79. The summed E-state index contributed by atoms with van der Waals surface area (Å²) in [5.74, 6) is 0.126. The Labute approximate surface area is 130 Å². The highest BCUT2D eigenvalue weighted by atomic mass is 79.9. The maximum atomic E-state index is 12.1. The minimum absolute atomic E-state index is 0.126. The van der Waals surface area contributed by atoms with Crippen molar-refractivity contribution in [2.45, 2.75) is 25.1 Å². The molecule has 1 aromatic heterocycles. The molecule has 104 valence electrons. The molecular formula is C15H15BrN2OS. The van der Waals surface area contributed by atoms with Crippen LogP contribution in [0.25, 0.3) is 11.3 Å². The van der Waals surface area contributed by atoms with Crippen LogP contribution in [0.4, 0.5) is 5.69 Å². The third-order valence-electron chi connectivity index (χ3n) is 3.50. The van der Waals surface area contributed by atoms with E-state index in [0.717, 1.165) is 34.9 Å². The number of hydrogen-bond donors (Lipinski definition) is 0. The second-order valence-electron chi connectivity index (χ2n) is 4.95. The van der Waals surface area contributed by atoms with E-state index in [0.29, 0.717) is 0 Å². The van der Waals surface area contributed by atoms with E-state index < -0.39 is 0 Å². The number of anilines is 1. The minimum atomic E-state index is -0.144. The van der Waals surface area contributed by atoms with Crippen LogP contribution in [-0.4, -0.2) is 22.3 Å². The molecule has 1 aliphatic heterocycles. The first-order chi connectivity index (χ1) is 9.56. The van der Waals surface area contributed by atoms with Crippen LogP contribution in [0.5, 0.6) is 0 Å². The first kappa shape index (κ1) is 13.8. The summed E-state index contributed by atoms with van der Waals surface area (Å²) in [5.41, 5.74) is 4.43. The van der Waals surface area contributed by atoms with Gasteiger partial charge in [0, 0.05) is 23.2 Å². The number of nitrogens with zero attached hydrogens (tertiary/aromatic N) is 2. The van der Waals surface area contributed by atoms with E-state index in [2.05, 4.69) is 38.4 Å². The number of thiazole rings is 1. The quantitative estimate of drug-likeness (QED) is 0.772. The number of benzene rings is 1. The van der Waals surface area contributed by atoms with Crippen LogP contribution in [0.3, 0.4) is 0 Å². The normalized spacial score (nSPS) is 15.2. The molecule has 0 spiro atoms. The smallest absolute Gasteiger partial charge is 0.240 e. The SMILES string of the molecule is Cc1nc(-c2ccc3c(c2)CCN3C(=O)C(C)Br)cs1. The highest BCUT2D eigenvalue weighted by molar-refractivity contribution is 9.10. The van der Waals surface area contributed by atoms with Crippen molar-refractivity contribution in [2.75, 3.05) is 11.4 Å². The van der Waals surface area contributed by atoms with Gasteiger partial charge in [0.25, 0.3) is 0 Å². The van der Waals surface area contributed by atoms with E-state index >= 15 is 0 Å². The molecule has 0 bridgehead atoms. The van der Waals surface area contributed by atoms with Crippen LogP contribution >= 0.6 is 27.3 Å². The van der Waals surface area contributed by atoms with Gasteiger partial charge in [-0.25, -0.2) is 4.98 Å². The molecule has 1 aliphatic rings. The molecule has 0 saturated carbocycles. The second-order valence-corrected chi connectivity index (χ2v) is 7.39. The number of carbonyl (C=O) groups excluding carboxylic acids is 1. The standard InChI is InChI=1S/C15H15BrN2OS/c1-9(16)15(19)18-6-5-12-7-11(3-4-14(12)18)13-8-20-10(2)17-13/h3-4,7-9H,5-6H2,1-2H3. The van der Waals surface area contributed by atoms with E-state index in [-0.39, 0.29) is 10.7 Å². The number of amides is 1. The fourth-order valence-electron chi connectivity index (χ4n) is 2.50. The van der Waals surface area contributed by atoms with E-state index in [9.17, 15) is 4.79 Å². The zero-order valence-corrected chi connectivity index (χ0v) is 13.8. The van der Waals surface area contributed by atoms with Gasteiger partial charge in [-0.05, 0) is 38.0 Å². The van der Waals surface area contributed by atoms with Crippen molar-refractivity contribution in [2.24, 2.45) is 0 Å². The molecule has 0 saturated heterocycles. The lowest BCUT2D eigenvalue weighted by Gasteiger charge is -2.18. The van der Waals surface area contributed by atoms with Gasteiger partial charge < -0.3 is 4.90 Å². The van der Waals surface area contributed by atoms with Crippen LogP contribution in [0, 0.1) is 6.92 Å². The van der Waals surface area contributed by atoms with Gasteiger partial charge >= 0.3 is 0 Å². The number of carbonyl (C=O) groups is 1. The summed E-state index contributed by atoms with van der Waals surface area (Å²) >= 11 is 5.02. The van der Waals surface area contributed by atoms with Crippen molar-refractivity contribution < 1.29 is 4.79 Å². The predicted molar refractivity (Wildman–Crippen MR) is 86.7 cm³/mol. The lowest BCUT2D eigenvalue weighted by atomic mass is 10.1. The zero-order valence-electron chi connectivity index (χ0n) is 11.4. The molecule has 20 heavy (non-hydrogen) atoms. The van der Waals surface area contributed by atoms with Gasteiger partial charge in [0.2, 0.25) is 5.91 Å². The van der Waals surface area contributed by atoms with Gasteiger partial charge in [0.05, 0.1) is 15.5 Å². The Bertz CT molecular complexity index is 666. The van der Waals surface area contributed by atoms with E-state index in [1.807, 2.05) is 24.8 Å². The highest BCUT2D eigenvalue weighted by Gasteiger charge is 2.27. The lowest BCUT2D eigenvalue weighted by Crippen LogP contribution is -2.33. The number of alkyl halides is 1. The molecule has 0 N–H and O–H groups in total. The van der Waals surface area contributed by atoms with Crippen molar-refractivity contribution in [3.8, 4) is 11.3 Å². The van der Waals surface area contributed by atoms with Crippen LogP contribution in [0.2, 0.25) is 0 Å². The topological polar surface area (TPSA) is 33.2 Å². The lowest BCUT2D eigenvalue weighted by molar-refractivity contribution is -0.117. The zero-order chi connectivity index (χ0) is 14.3. The Hall–Kier alpha value is -1.20. The van der Waals surface area contributed by atoms with Crippen molar-refractivity contribution >= 4 is 38.9 Å². The van der Waals surface area contributed by atoms with Crippen LogP contribution < -0.4 is 4.90 Å². The van der Waals surface area contributed by atoms with Crippen molar-refractivity contribution in [3.63, 3.8) is 0 Å². The Morgan fingerprint density at radius 1 is 1.50 bits per heavy atom. The Balaban J connectivity index is 1.94. The maximum Gasteiger partial charge on any atom is 0.240 e. The average molecular weight is 351 g/mol. The number of hydrogen-bond acceptors (Lipinski definition) is 3. The fourth-order valence-corrected chi connectivity index (χ4v) is 3.37. The van der Waals surface area contributed by atoms with Crippen molar-refractivity contribution in [1.82, 2.24) is 4.98 Å². The Morgan fingerprint density at radius 2 is 2.30 bits per heavy atom. The maximum absolute atomic E-state index is 12.1. The molecule has 0 radical (unpaired) electrons. The minimum Gasteiger partial charge on any atom is -0.311 e. The molecule has 1 unspecified atom stereocenters. The van der Waals surface area contributed by atoms with Crippen LogP contribution in [-0.2, 0) is 11.2 Å². The number of rotatable bonds is 2. The van der Waals surface area contributed by atoms with Crippen LogP contribution in [0.15, 0.2) is 23.6 Å². The van der Waals surface area contributed by atoms with Crippen molar-refractivity contribution in [1.29, 1.82) is 0 Å². The summed E-state index contributed by atoms with van der Waals surface area (Å²) in [6, 6.07) is 6.26. The number of aryl methyl sites for hydroxylation is 1. The summed E-state index contributed by atoms with van der Waals surface area (Å²) in [5, 5.41) is 3.15. The van der Waals surface area contributed by atoms with Gasteiger partial charge in [-0.2, -0.15) is 0 Å². The van der Waals surface area contributed by atoms with Gasteiger partial charge in [-0.1, -0.05) is 22.0 Å². The van der Waals surface area contributed by atoms with E-state index in [1.54, 1.807) is 11.3 Å². The summed E-state index contributed by atoms with van der Waals surface area (Å²) < 4.78 is 0. The summed E-state index contributed by atoms with van der Waals surface area (Å²) in [6.45, 7) is 4.65. The van der Waals surface area contributed by atoms with E-state index in [4.69, 9.17) is 0 Å². The van der Waals surface area contributed by atoms with Crippen LogP contribution in [0.1, 0.15) is 17.5 Å². The van der Waals surface area contributed by atoms with Crippen molar-refractivity contribution in [3.05, 3.63) is 34.2 Å². The molecule has 1 amide bonds. The number of aromatic nitrogens is 1. The summed E-state index contributed by atoms with van der Waals surface area (Å²) in [7, 11) is 0. The second kappa shape index (κ2) is 5.30. The summed E-state index contributed by atoms with van der Waals surface area (Å²) in [4.78, 5) is 18.4. The van der Waals surface area contributed by atoms with Gasteiger partial charge in [-0.3, -0.25) is 4.79 Å². The Morgan fingerprint density at radius 3 is 2.95 bits per heavy atom. The third-order valence-corrected chi connectivity index (χ3v) is 4.66. The molecule has 5 heteroatoms. The Kier molecular flexibility index (Phi) is 3.65. The molecule has 3 nitrogen and oxygen atoms in total. The van der Waals surface area contributed by atoms with Gasteiger partial charge in [-0.15, -0.1) is 11.3 Å². The molecule has 2 heterocycles. The molecular weight excluding hydrogens is 336 g/mol. The molecule has 3 rings (SSSR count). The highest BCUT2D eigenvalue weighted by Crippen LogP contribution is 2.33. The largest absolute Gasteiger partial charge is 0.311 e. The number of fused-ring (bicyclic) bond motifs is 1. The first-order valence-corrected chi connectivity index (χ1v) is 8.36. The molecule has 0 fully saturated rings. The summed E-state index contributed by atoms with van der Waals surface area (Å²) in [6.07, 6.45) is 0.914. The molecule has 1 aromatic carbocycles. The fraction of sp³-hybridized carbons (Fsp3) is 0.333. The van der Waals surface area contributed by atoms with E-state index in [1.165, 1.54) is 5.56 Å². The number of halogens is 1. The van der Waals surface area contributed by atoms with Gasteiger partial charge in [0.1, 0.15) is 0 Å². The molecule has 2 aromatic rings. The van der Waals surface area contributed by atoms with Gasteiger partial charge in [0.15, 0.2) is 0 Å². The monoisotopic (exact) mass is 350 g/mol. The third kappa shape index (κ3) is 2.40. The molecule has 1 atom stereocenters. The molecule has 0 aliphatic carbocycles. The first-order valence-electron chi connectivity index (χ1n) is 6.57.